The molecular weight excluding hydrogens is 259 g/mol. The van der Waals surface area contributed by atoms with Gasteiger partial charge in [0.05, 0.1) is 6.61 Å². The van der Waals surface area contributed by atoms with Gasteiger partial charge in [-0.05, 0) is 18.2 Å². The van der Waals surface area contributed by atoms with E-state index in [1.807, 2.05) is 0 Å². The number of urea groups is 1. The molecule has 1 atom stereocenters. The van der Waals surface area contributed by atoms with Crippen molar-refractivity contribution in [1.29, 1.82) is 0 Å². The van der Waals surface area contributed by atoms with Gasteiger partial charge in [0.25, 0.3) is 0 Å². The van der Waals surface area contributed by atoms with Gasteiger partial charge in [0, 0.05) is 12.1 Å². The number of halogens is 1. The van der Waals surface area contributed by atoms with Crippen LogP contribution in [0.15, 0.2) is 18.2 Å². The van der Waals surface area contributed by atoms with Crippen LogP contribution in [0.25, 0.3) is 0 Å². The number of hydrogen-bond donors (Lipinski definition) is 3. The molecule has 2 N–H and O–H groups in total. The van der Waals surface area contributed by atoms with E-state index in [4.69, 9.17) is 9.84 Å². The lowest BCUT2D eigenvalue weighted by Crippen LogP contribution is -2.38. The first-order chi connectivity index (χ1) is 8.63. The molecule has 0 aromatic heterocycles. The van der Waals surface area contributed by atoms with E-state index in [0.29, 0.717) is 11.3 Å². The van der Waals surface area contributed by atoms with Crippen LogP contribution in [0.3, 0.4) is 0 Å². The third-order valence-corrected chi connectivity index (χ3v) is 3.08. The Labute approximate surface area is 109 Å². The van der Waals surface area contributed by atoms with Crippen LogP contribution in [-0.4, -0.2) is 35.2 Å². The zero-order chi connectivity index (χ0) is 13.1. The molecule has 2 rings (SSSR count). The summed E-state index contributed by atoms with van der Waals surface area (Å²) in [6.45, 7) is 0.216. The molecule has 98 valence electrons. The Balaban J connectivity index is 2.12. The fourth-order valence-corrected chi connectivity index (χ4v) is 2.02. The van der Waals surface area contributed by atoms with Crippen molar-refractivity contribution >= 4 is 18.8 Å². The highest BCUT2D eigenvalue weighted by molar-refractivity contribution is 7.78. The number of fused-ring (bicyclic) bond motifs is 1. The Bertz CT molecular complexity index is 458. The summed E-state index contributed by atoms with van der Waals surface area (Å²) >= 11 is 4.09. The van der Waals surface area contributed by atoms with Gasteiger partial charge in [-0.2, -0.15) is 0 Å². The van der Waals surface area contributed by atoms with Crippen molar-refractivity contribution in [3.63, 3.8) is 0 Å². The molecule has 0 aliphatic carbocycles. The summed E-state index contributed by atoms with van der Waals surface area (Å²) in [6, 6.07) is 3.25. The van der Waals surface area contributed by atoms with E-state index in [1.165, 1.54) is 18.2 Å². The highest BCUT2D eigenvalue weighted by Gasteiger charge is 2.31. The lowest BCUT2D eigenvalue weighted by molar-refractivity contribution is 0.202. The van der Waals surface area contributed by atoms with Crippen molar-refractivity contribution in [1.82, 2.24) is 9.62 Å². The number of aliphatic hydroxyl groups excluding tert-OH is 1. The maximum atomic E-state index is 13.2. The molecule has 1 aliphatic heterocycles. The van der Waals surface area contributed by atoms with Crippen LogP contribution in [0.2, 0.25) is 0 Å². The predicted octanol–water partition coefficient (Wildman–Crippen LogP) is 1.11. The minimum Gasteiger partial charge on any atom is -0.491 e. The van der Waals surface area contributed by atoms with Crippen LogP contribution in [0.5, 0.6) is 5.75 Å². The second kappa shape index (κ2) is 5.45. The number of amides is 2. The second-order valence-electron chi connectivity index (χ2n) is 3.81. The first-order valence-electron chi connectivity index (χ1n) is 5.42. The first-order valence-corrected chi connectivity index (χ1v) is 5.82. The topological polar surface area (TPSA) is 61.8 Å². The van der Waals surface area contributed by atoms with Crippen molar-refractivity contribution in [2.24, 2.45) is 0 Å². The van der Waals surface area contributed by atoms with Crippen LogP contribution in [0.1, 0.15) is 11.6 Å². The van der Waals surface area contributed by atoms with Crippen molar-refractivity contribution in [2.45, 2.75) is 6.04 Å². The van der Waals surface area contributed by atoms with Gasteiger partial charge >= 0.3 is 6.03 Å². The predicted molar refractivity (Wildman–Crippen MR) is 65.9 cm³/mol. The van der Waals surface area contributed by atoms with Gasteiger partial charge in [-0.15, -0.1) is 0 Å². The Morgan fingerprint density at radius 1 is 1.67 bits per heavy atom. The second-order valence-corrected chi connectivity index (χ2v) is 4.24. The van der Waals surface area contributed by atoms with Gasteiger partial charge in [0.15, 0.2) is 0 Å². The molecule has 0 saturated heterocycles. The molecule has 5 nitrogen and oxygen atoms in total. The van der Waals surface area contributed by atoms with Crippen molar-refractivity contribution < 1.29 is 19.0 Å². The van der Waals surface area contributed by atoms with Gasteiger partial charge in [0.2, 0.25) is 0 Å². The largest absolute Gasteiger partial charge is 0.491 e. The molecule has 2 amide bonds. The normalized spacial score (nSPS) is 16.9. The summed E-state index contributed by atoms with van der Waals surface area (Å²) in [5, 5.41) is 11.1. The van der Waals surface area contributed by atoms with Gasteiger partial charge in [-0.1, -0.05) is 12.8 Å². The summed E-state index contributed by atoms with van der Waals surface area (Å²) in [6.07, 6.45) is 0. The first kappa shape index (κ1) is 13.0. The van der Waals surface area contributed by atoms with Crippen molar-refractivity contribution in [2.75, 3.05) is 19.8 Å². The number of carbonyl (C=O) groups excluding carboxylic acids is 1. The Morgan fingerprint density at radius 2 is 2.44 bits per heavy atom. The quantitative estimate of drug-likeness (QED) is 0.722. The van der Waals surface area contributed by atoms with Gasteiger partial charge in [-0.3, -0.25) is 4.31 Å². The molecule has 0 spiro atoms. The van der Waals surface area contributed by atoms with Crippen LogP contribution in [0.4, 0.5) is 9.18 Å². The van der Waals surface area contributed by atoms with E-state index in [1.54, 1.807) is 0 Å². The smallest absolute Gasteiger partial charge is 0.327 e. The number of nitrogens with one attached hydrogen (secondary N) is 1. The minimum absolute atomic E-state index is 0.138. The van der Waals surface area contributed by atoms with E-state index in [2.05, 4.69) is 18.1 Å². The SMILES string of the molecule is O=C(NCCO)N(S)C1COc2ccc(F)cc21. The standard InChI is InChI=1S/C11H13FN2O3S/c12-7-1-2-10-8(5-7)9(6-17-10)14(18)11(16)13-3-4-15/h1-2,5,9,15,18H,3-4,6H2,(H,13,16). The lowest BCUT2D eigenvalue weighted by Gasteiger charge is -2.22. The number of carbonyl (C=O) groups is 1. The highest BCUT2D eigenvalue weighted by Crippen LogP contribution is 2.37. The Morgan fingerprint density at radius 3 is 3.17 bits per heavy atom. The molecule has 18 heavy (non-hydrogen) atoms. The molecular formula is C11H13FN2O3S. The summed E-state index contributed by atoms with van der Waals surface area (Å²) in [5.74, 6) is 0.164. The summed E-state index contributed by atoms with van der Waals surface area (Å²) in [5.41, 5.74) is 0.587. The molecule has 7 heteroatoms. The lowest BCUT2D eigenvalue weighted by atomic mass is 10.1. The third-order valence-electron chi connectivity index (χ3n) is 2.62. The van der Waals surface area contributed by atoms with Crippen LogP contribution >= 0.6 is 12.8 Å². The summed E-state index contributed by atoms with van der Waals surface area (Å²) < 4.78 is 19.7. The number of benzene rings is 1. The van der Waals surface area contributed by atoms with Crippen LogP contribution < -0.4 is 10.1 Å². The van der Waals surface area contributed by atoms with E-state index in [9.17, 15) is 9.18 Å². The summed E-state index contributed by atoms with van der Waals surface area (Å²) in [4.78, 5) is 11.7. The van der Waals surface area contributed by atoms with E-state index in [0.717, 1.165) is 4.31 Å². The molecule has 1 unspecified atom stereocenters. The molecule has 1 aliphatic rings. The molecule has 1 aromatic carbocycles. The highest BCUT2D eigenvalue weighted by atomic mass is 32.1. The van der Waals surface area contributed by atoms with Crippen LogP contribution in [-0.2, 0) is 0 Å². The fourth-order valence-electron chi connectivity index (χ4n) is 1.76. The Kier molecular flexibility index (Phi) is 3.93. The third kappa shape index (κ3) is 2.51. The number of rotatable bonds is 3. The Hall–Kier alpha value is -1.47. The van der Waals surface area contributed by atoms with Crippen molar-refractivity contribution in [3.05, 3.63) is 29.6 Å². The average Bonchev–Trinajstić information content (AvgIpc) is 2.77. The molecule has 1 heterocycles. The minimum atomic E-state index is -0.460. The zero-order valence-electron chi connectivity index (χ0n) is 9.47. The molecule has 1 aromatic rings. The number of nitrogens with zero attached hydrogens (tertiary/aromatic N) is 1. The summed E-state index contributed by atoms with van der Waals surface area (Å²) in [7, 11) is 0. The number of hydrogen-bond acceptors (Lipinski definition) is 4. The van der Waals surface area contributed by atoms with Gasteiger partial charge in [0.1, 0.15) is 24.2 Å². The number of thiol groups is 1. The average molecular weight is 272 g/mol. The molecule has 0 saturated carbocycles. The van der Waals surface area contributed by atoms with Crippen molar-refractivity contribution in [3.8, 4) is 5.75 Å². The fraction of sp³-hybridized carbons (Fsp3) is 0.364. The number of ether oxygens (including phenoxy) is 1. The van der Waals surface area contributed by atoms with E-state index >= 15 is 0 Å². The number of aliphatic hydroxyl groups is 1. The van der Waals surface area contributed by atoms with Gasteiger partial charge in [-0.25, -0.2) is 9.18 Å². The molecule has 0 radical (unpaired) electrons. The maximum Gasteiger partial charge on any atom is 0.327 e. The van der Waals surface area contributed by atoms with Gasteiger partial charge < -0.3 is 15.2 Å². The maximum absolute atomic E-state index is 13.2. The van der Waals surface area contributed by atoms with Crippen LogP contribution in [0, 0.1) is 5.82 Å². The zero-order valence-corrected chi connectivity index (χ0v) is 10.4. The molecule has 0 fully saturated rings. The molecule has 0 bridgehead atoms. The van der Waals surface area contributed by atoms with E-state index < -0.39 is 12.1 Å². The monoisotopic (exact) mass is 272 g/mol. The van der Waals surface area contributed by atoms with E-state index in [-0.39, 0.29) is 25.6 Å².